The molecule has 3 aromatic carbocycles. The number of aryl methyl sites for hydroxylation is 2. The quantitative estimate of drug-likeness (QED) is 0.127. The van der Waals surface area contributed by atoms with Crippen LogP contribution in [0, 0.1) is 25.6 Å². The minimum absolute atomic E-state index is 0.125. The first-order valence-electron chi connectivity index (χ1n) is 17.2. The van der Waals surface area contributed by atoms with E-state index in [4.69, 9.17) is 0 Å². The third-order valence-electron chi connectivity index (χ3n) is 10.8. The highest BCUT2D eigenvalue weighted by Gasteiger charge is 2.42. The van der Waals surface area contributed by atoms with Crippen LogP contribution in [-0.4, -0.2) is 51.4 Å². The average Bonchev–Trinajstić information content (AvgIpc) is 3.64. The predicted octanol–water partition coefficient (Wildman–Crippen LogP) is 7.37. The first-order chi connectivity index (χ1) is 22.5. The standard InChI is InChI=1S/C39H46FN5O2/c1-22-16-23(2)18-27(17-22)35-33(24(3)20-41-15-14-26-8-12-32-36(34(26)40)44-38(47)43-32)30-19-28(9-13-31(30)42-35)39(4,5)37(46)45-21-25-6-10-29(45)11-7-25/h8-9,12-13,16-19,24-25,29,41-42H,6-7,10-11,14-15,20-21H2,1-5H3,(H2,43,44,47)/t24-,25?,29?/m1/s1. The summed E-state index contributed by atoms with van der Waals surface area (Å²) in [7, 11) is 0. The van der Waals surface area contributed by atoms with Crippen LogP contribution in [-0.2, 0) is 16.6 Å². The van der Waals surface area contributed by atoms with Crippen LogP contribution in [0.1, 0.15) is 80.2 Å². The third-order valence-corrected chi connectivity index (χ3v) is 10.8. The largest absolute Gasteiger partial charge is 0.354 e. The molecule has 1 saturated carbocycles. The van der Waals surface area contributed by atoms with Gasteiger partial charge in [0, 0.05) is 30.0 Å². The Morgan fingerprint density at radius 1 is 0.979 bits per heavy atom. The summed E-state index contributed by atoms with van der Waals surface area (Å²) in [5.74, 6) is 0.623. The van der Waals surface area contributed by atoms with E-state index in [1.165, 1.54) is 29.5 Å². The van der Waals surface area contributed by atoms with Crippen molar-refractivity contribution in [2.24, 2.45) is 5.92 Å². The number of carbonyl (C=O) groups is 1. The van der Waals surface area contributed by atoms with E-state index >= 15 is 4.39 Å². The molecule has 3 aliphatic rings. The molecule has 2 aromatic heterocycles. The van der Waals surface area contributed by atoms with Crippen LogP contribution in [0.4, 0.5) is 4.39 Å². The average molecular weight is 636 g/mol. The molecule has 5 aromatic rings. The minimum Gasteiger partial charge on any atom is -0.354 e. The van der Waals surface area contributed by atoms with Crippen molar-refractivity contribution in [3.8, 4) is 11.3 Å². The van der Waals surface area contributed by atoms with Crippen LogP contribution < -0.4 is 11.0 Å². The number of hydrogen-bond donors (Lipinski definition) is 4. The molecule has 1 atom stereocenters. The number of imidazole rings is 1. The van der Waals surface area contributed by atoms with E-state index < -0.39 is 11.1 Å². The summed E-state index contributed by atoms with van der Waals surface area (Å²) in [4.78, 5) is 36.9. The van der Waals surface area contributed by atoms with Gasteiger partial charge >= 0.3 is 5.69 Å². The topological polar surface area (TPSA) is 96.8 Å². The Balaban J connectivity index is 1.18. The number of fused-ring (bicyclic) bond motifs is 5. The Hall–Kier alpha value is -4.17. The van der Waals surface area contributed by atoms with Crippen LogP contribution in [0.15, 0.2) is 53.3 Å². The second-order valence-corrected chi connectivity index (χ2v) is 14.7. The van der Waals surface area contributed by atoms with Crippen molar-refractivity contribution >= 4 is 27.8 Å². The number of piperidine rings is 2. The van der Waals surface area contributed by atoms with Crippen LogP contribution in [0.2, 0.25) is 0 Å². The molecule has 4 N–H and O–H groups in total. The molecule has 0 radical (unpaired) electrons. The molecule has 0 spiro atoms. The summed E-state index contributed by atoms with van der Waals surface area (Å²) in [6, 6.07) is 17.0. The van der Waals surface area contributed by atoms with E-state index in [2.05, 4.69) is 96.2 Å². The van der Waals surface area contributed by atoms with Gasteiger partial charge in [-0.3, -0.25) is 4.79 Å². The van der Waals surface area contributed by atoms with Gasteiger partial charge in [-0.05, 0) is 131 Å². The zero-order valence-electron chi connectivity index (χ0n) is 28.1. The maximum absolute atomic E-state index is 15.1. The highest BCUT2D eigenvalue weighted by atomic mass is 19.1. The molecule has 3 fully saturated rings. The van der Waals surface area contributed by atoms with Gasteiger partial charge in [-0.15, -0.1) is 0 Å². The van der Waals surface area contributed by atoms with Crippen molar-refractivity contribution < 1.29 is 9.18 Å². The molecule has 47 heavy (non-hydrogen) atoms. The normalized spacial score (nSPS) is 18.8. The monoisotopic (exact) mass is 635 g/mol. The SMILES string of the molecule is Cc1cc(C)cc(-c2[nH]c3ccc(C(C)(C)C(=O)N4CC5CCC4CC5)cc3c2[C@H](C)CNCCc2ccc3[nH]c(=O)[nH]c3c2F)c1. The van der Waals surface area contributed by atoms with Gasteiger partial charge in [0.25, 0.3) is 0 Å². The highest BCUT2D eigenvalue weighted by molar-refractivity contribution is 5.94. The van der Waals surface area contributed by atoms with Crippen molar-refractivity contribution in [3.63, 3.8) is 0 Å². The lowest BCUT2D eigenvalue weighted by molar-refractivity contribution is -0.144. The molecule has 246 valence electrons. The number of halogens is 1. The minimum atomic E-state index is -0.642. The van der Waals surface area contributed by atoms with Gasteiger partial charge in [-0.1, -0.05) is 36.2 Å². The summed E-state index contributed by atoms with van der Waals surface area (Å²) in [6.07, 6.45) is 5.25. The van der Waals surface area contributed by atoms with Gasteiger partial charge in [0.15, 0.2) is 5.82 Å². The molecule has 1 aliphatic carbocycles. The second kappa shape index (κ2) is 12.1. The smallest absolute Gasteiger partial charge is 0.323 e. The number of rotatable bonds is 9. The van der Waals surface area contributed by atoms with Crippen LogP contribution >= 0.6 is 0 Å². The number of carbonyl (C=O) groups excluding carboxylic acids is 1. The Kier molecular flexibility index (Phi) is 8.11. The number of H-pyrrole nitrogens is 3. The molecular formula is C39H46FN5O2. The molecule has 4 heterocycles. The molecule has 2 saturated heterocycles. The molecule has 2 bridgehead atoms. The number of nitrogens with zero attached hydrogens (tertiary/aromatic N) is 1. The fourth-order valence-corrected chi connectivity index (χ4v) is 8.21. The molecule has 0 unspecified atom stereocenters. The van der Waals surface area contributed by atoms with Gasteiger partial charge in [-0.2, -0.15) is 0 Å². The molecule has 7 nitrogen and oxygen atoms in total. The lowest BCUT2D eigenvalue weighted by Gasteiger charge is -2.47. The van der Waals surface area contributed by atoms with Gasteiger partial charge < -0.3 is 25.2 Å². The molecule has 8 heteroatoms. The van der Waals surface area contributed by atoms with Crippen molar-refractivity contribution in [1.82, 2.24) is 25.2 Å². The molecule has 2 aliphatic heterocycles. The van der Waals surface area contributed by atoms with Crippen molar-refractivity contribution in [3.05, 3.63) is 92.6 Å². The Bertz CT molecular complexity index is 2010. The number of benzene rings is 3. The number of aromatic amines is 3. The summed E-state index contributed by atoms with van der Waals surface area (Å²) < 4.78 is 15.1. The zero-order chi connectivity index (χ0) is 33.0. The maximum atomic E-state index is 15.1. The Morgan fingerprint density at radius 2 is 1.70 bits per heavy atom. The Morgan fingerprint density at radius 3 is 2.40 bits per heavy atom. The number of aromatic nitrogens is 3. The van der Waals surface area contributed by atoms with Crippen molar-refractivity contribution in [2.75, 3.05) is 19.6 Å². The van der Waals surface area contributed by atoms with E-state index in [0.717, 1.165) is 47.1 Å². The van der Waals surface area contributed by atoms with Crippen LogP contribution in [0.3, 0.4) is 0 Å². The van der Waals surface area contributed by atoms with Gasteiger partial charge in [0.05, 0.1) is 16.6 Å². The zero-order valence-corrected chi connectivity index (χ0v) is 28.1. The number of nitrogens with one attached hydrogen (secondary N) is 4. The first-order valence-corrected chi connectivity index (χ1v) is 17.2. The van der Waals surface area contributed by atoms with Gasteiger partial charge in [-0.25, -0.2) is 9.18 Å². The van der Waals surface area contributed by atoms with E-state index in [1.54, 1.807) is 12.1 Å². The van der Waals surface area contributed by atoms with E-state index in [1.807, 2.05) is 0 Å². The van der Waals surface area contributed by atoms with Crippen molar-refractivity contribution in [1.29, 1.82) is 0 Å². The van der Waals surface area contributed by atoms with Gasteiger partial charge in [0.2, 0.25) is 5.91 Å². The lowest BCUT2D eigenvalue weighted by atomic mass is 9.76. The fraction of sp³-hybridized carbons (Fsp3) is 0.436. The second-order valence-electron chi connectivity index (χ2n) is 14.7. The third kappa shape index (κ3) is 5.81. The maximum Gasteiger partial charge on any atom is 0.323 e. The number of hydrogen-bond acceptors (Lipinski definition) is 3. The summed E-state index contributed by atoms with van der Waals surface area (Å²) >= 11 is 0. The predicted molar refractivity (Wildman–Crippen MR) is 188 cm³/mol. The molecular weight excluding hydrogens is 589 g/mol. The summed E-state index contributed by atoms with van der Waals surface area (Å²) in [6.45, 7) is 12.8. The van der Waals surface area contributed by atoms with E-state index in [-0.39, 0.29) is 23.2 Å². The number of amides is 1. The summed E-state index contributed by atoms with van der Waals surface area (Å²) in [5.41, 5.74) is 8.20. The lowest BCUT2D eigenvalue weighted by Crippen LogP contribution is -2.55. The Labute approximate surface area is 275 Å². The van der Waals surface area contributed by atoms with E-state index in [0.29, 0.717) is 42.6 Å². The summed E-state index contributed by atoms with van der Waals surface area (Å²) in [5, 5.41) is 4.71. The van der Waals surface area contributed by atoms with Crippen molar-refractivity contribution in [2.45, 2.75) is 84.1 Å². The fourth-order valence-electron chi connectivity index (χ4n) is 8.21. The molecule has 8 rings (SSSR count). The van der Waals surface area contributed by atoms with Crippen LogP contribution in [0.5, 0.6) is 0 Å². The highest BCUT2D eigenvalue weighted by Crippen LogP contribution is 2.41. The van der Waals surface area contributed by atoms with Crippen LogP contribution in [0.25, 0.3) is 33.2 Å². The van der Waals surface area contributed by atoms with E-state index in [9.17, 15) is 9.59 Å². The van der Waals surface area contributed by atoms with Gasteiger partial charge in [0.1, 0.15) is 5.52 Å². The first kappa shape index (κ1) is 31.4. The molecule has 1 amide bonds.